The summed E-state index contributed by atoms with van der Waals surface area (Å²) < 4.78 is 0. The second kappa shape index (κ2) is 5.51. The molecular formula is C9H21N3. The Morgan fingerprint density at radius 1 is 1.25 bits per heavy atom. The summed E-state index contributed by atoms with van der Waals surface area (Å²) in [5.74, 6) is 0. The van der Waals surface area contributed by atoms with Crippen LogP contribution in [0.1, 0.15) is 19.8 Å². The molecule has 0 unspecified atom stereocenters. The average molecular weight is 171 g/mol. The highest BCUT2D eigenvalue weighted by atomic mass is 15.3. The quantitative estimate of drug-likeness (QED) is 0.661. The summed E-state index contributed by atoms with van der Waals surface area (Å²) in [5, 5.41) is 0. The molecule has 1 heterocycles. The van der Waals surface area contributed by atoms with Gasteiger partial charge in [-0.05, 0) is 25.9 Å². The van der Waals surface area contributed by atoms with Crippen molar-refractivity contribution < 1.29 is 0 Å². The fourth-order valence-corrected chi connectivity index (χ4v) is 1.70. The fraction of sp³-hybridized carbons (Fsp3) is 1.00. The minimum atomic E-state index is 0.822. The molecule has 0 atom stereocenters. The van der Waals surface area contributed by atoms with E-state index in [-0.39, 0.29) is 0 Å². The second-order valence-electron chi connectivity index (χ2n) is 3.47. The molecule has 0 aromatic heterocycles. The van der Waals surface area contributed by atoms with Crippen molar-refractivity contribution in [2.24, 2.45) is 5.73 Å². The number of hydrogen-bond acceptors (Lipinski definition) is 3. The third-order valence-electron chi connectivity index (χ3n) is 2.47. The molecule has 0 amide bonds. The van der Waals surface area contributed by atoms with E-state index in [1.807, 2.05) is 0 Å². The van der Waals surface area contributed by atoms with Gasteiger partial charge in [-0.3, -0.25) is 9.80 Å². The Kier molecular flexibility index (Phi) is 4.58. The molecule has 0 aromatic carbocycles. The molecular weight excluding hydrogens is 150 g/mol. The van der Waals surface area contributed by atoms with Crippen LogP contribution in [-0.2, 0) is 0 Å². The molecule has 1 aliphatic heterocycles. The monoisotopic (exact) mass is 171 g/mol. The number of rotatable bonds is 4. The maximum absolute atomic E-state index is 5.47. The predicted molar refractivity (Wildman–Crippen MR) is 52.0 cm³/mol. The lowest BCUT2D eigenvalue weighted by Crippen LogP contribution is -2.45. The predicted octanol–water partition coefficient (Wildman–Crippen LogP) is 0.320. The summed E-state index contributed by atoms with van der Waals surface area (Å²) in [6, 6.07) is 0. The Labute approximate surface area is 75.5 Å². The van der Waals surface area contributed by atoms with Crippen molar-refractivity contribution in [2.75, 3.05) is 39.4 Å². The number of hydrogen-bond donors (Lipinski definition) is 1. The molecule has 1 rings (SSSR count). The van der Waals surface area contributed by atoms with E-state index in [0.717, 1.165) is 19.6 Å². The Bertz CT molecular complexity index is 116. The zero-order valence-electron chi connectivity index (χ0n) is 8.13. The normalized spacial score (nSPS) is 21.5. The van der Waals surface area contributed by atoms with E-state index in [4.69, 9.17) is 5.73 Å². The van der Waals surface area contributed by atoms with Gasteiger partial charge in [-0.15, -0.1) is 0 Å². The molecule has 0 aliphatic carbocycles. The fourth-order valence-electron chi connectivity index (χ4n) is 1.70. The largest absolute Gasteiger partial charge is 0.330 e. The van der Waals surface area contributed by atoms with Gasteiger partial charge in [0.05, 0.1) is 6.67 Å². The second-order valence-corrected chi connectivity index (χ2v) is 3.47. The molecule has 2 N–H and O–H groups in total. The van der Waals surface area contributed by atoms with E-state index in [1.165, 1.54) is 32.6 Å². The topological polar surface area (TPSA) is 32.5 Å². The Morgan fingerprint density at radius 3 is 2.67 bits per heavy atom. The number of nitrogens with zero attached hydrogens (tertiary/aromatic N) is 2. The zero-order chi connectivity index (χ0) is 8.81. The molecule has 12 heavy (non-hydrogen) atoms. The van der Waals surface area contributed by atoms with Crippen molar-refractivity contribution in [1.82, 2.24) is 9.80 Å². The van der Waals surface area contributed by atoms with Gasteiger partial charge in [0.15, 0.2) is 0 Å². The highest BCUT2D eigenvalue weighted by Gasteiger charge is 2.14. The Balaban J connectivity index is 2.16. The smallest absolute Gasteiger partial charge is 0.0506 e. The van der Waals surface area contributed by atoms with Crippen molar-refractivity contribution in [2.45, 2.75) is 19.8 Å². The lowest BCUT2D eigenvalue weighted by atomic mass is 10.3. The highest BCUT2D eigenvalue weighted by molar-refractivity contribution is 4.67. The molecule has 3 heteroatoms. The van der Waals surface area contributed by atoms with Crippen LogP contribution < -0.4 is 5.73 Å². The summed E-state index contributed by atoms with van der Waals surface area (Å²) in [6.45, 7) is 9.09. The molecule has 0 bridgehead atoms. The lowest BCUT2D eigenvalue weighted by Gasteiger charge is -2.34. The van der Waals surface area contributed by atoms with Crippen LogP contribution in [0.5, 0.6) is 0 Å². The highest BCUT2D eigenvalue weighted by Crippen LogP contribution is 2.05. The van der Waals surface area contributed by atoms with Crippen LogP contribution in [-0.4, -0.2) is 49.2 Å². The number of nitrogens with two attached hydrogens (primary N) is 1. The SMILES string of the molecule is CCN1CCCN(CCCN)C1. The first-order chi connectivity index (χ1) is 5.86. The first-order valence-corrected chi connectivity index (χ1v) is 5.01. The summed E-state index contributed by atoms with van der Waals surface area (Å²) in [6.07, 6.45) is 2.45. The van der Waals surface area contributed by atoms with E-state index >= 15 is 0 Å². The van der Waals surface area contributed by atoms with E-state index in [0.29, 0.717) is 0 Å². The lowest BCUT2D eigenvalue weighted by molar-refractivity contribution is 0.0901. The van der Waals surface area contributed by atoms with Crippen molar-refractivity contribution >= 4 is 0 Å². The molecule has 0 saturated carbocycles. The first kappa shape index (κ1) is 9.96. The summed E-state index contributed by atoms with van der Waals surface area (Å²) >= 11 is 0. The minimum absolute atomic E-state index is 0.822. The van der Waals surface area contributed by atoms with Gasteiger partial charge < -0.3 is 5.73 Å². The third-order valence-corrected chi connectivity index (χ3v) is 2.47. The third kappa shape index (κ3) is 3.09. The van der Waals surface area contributed by atoms with Gasteiger partial charge >= 0.3 is 0 Å². The summed E-state index contributed by atoms with van der Waals surface area (Å²) in [4.78, 5) is 4.99. The molecule has 1 saturated heterocycles. The molecule has 1 fully saturated rings. The van der Waals surface area contributed by atoms with Crippen LogP contribution in [0.3, 0.4) is 0 Å². The van der Waals surface area contributed by atoms with Crippen LogP contribution in [0.25, 0.3) is 0 Å². The van der Waals surface area contributed by atoms with Gasteiger partial charge in [0, 0.05) is 19.6 Å². The molecule has 0 aromatic rings. The van der Waals surface area contributed by atoms with Gasteiger partial charge in [0.2, 0.25) is 0 Å². The van der Waals surface area contributed by atoms with Crippen LogP contribution in [0, 0.1) is 0 Å². The van der Waals surface area contributed by atoms with Crippen molar-refractivity contribution in [3.8, 4) is 0 Å². The van der Waals surface area contributed by atoms with Gasteiger partial charge in [0.25, 0.3) is 0 Å². The van der Waals surface area contributed by atoms with E-state index < -0.39 is 0 Å². The average Bonchev–Trinajstić information content (AvgIpc) is 2.15. The van der Waals surface area contributed by atoms with Crippen LogP contribution in [0.2, 0.25) is 0 Å². The van der Waals surface area contributed by atoms with Gasteiger partial charge in [-0.1, -0.05) is 6.92 Å². The summed E-state index contributed by atoms with van der Waals surface area (Å²) in [7, 11) is 0. The van der Waals surface area contributed by atoms with Gasteiger partial charge in [-0.2, -0.15) is 0 Å². The molecule has 0 spiro atoms. The van der Waals surface area contributed by atoms with Crippen LogP contribution >= 0.6 is 0 Å². The van der Waals surface area contributed by atoms with Crippen LogP contribution in [0.4, 0.5) is 0 Å². The van der Waals surface area contributed by atoms with E-state index in [2.05, 4.69) is 16.7 Å². The summed E-state index contributed by atoms with van der Waals surface area (Å²) in [5.41, 5.74) is 5.47. The van der Waals surface area contributed by atoms with Crippen LogP contribution in [0.15, 0.2) is 0 Å². The van der Waals surface area contributed by atoms with Gasteiger partial charge in [-0.25, -0.2) is 0 Å². The van der Waals surface area contributed by atoms with Crippen molar-refractivity contribution in [1.29, 1.82) is 0 Å². The standard InChI is InChI=1S/C9H21N3/c1-2-11-7-4-8-12(9-11)6-3-5-10/h2-10H2,1H3. The molecule has 72 valence electrons. The van der Waals surface area contributed by atoms with Gasteiger partial charge in [0.1, 0.15) is 0 Å². The van der Waals surface area contributed by atoms with E-state index in [1.54, 1.807) is 0 Å². The van der Waals surface area contributed by atoms with Crippen molar-refractivity contribution in [3.05, 3.63) is 0 Å². The molecule has 0 radical (unpaired) electrons. The Hall–Kier alpha value is -0.120. The first-order valence-electron chi connectivity index (χ1n) is 5.01. The van der Waals surface area contributed by atoms with Crippen molar-refractivity contribution in [3.63, 3.8) is 0 Å². The molecule has 1 aliphatic rings. The maximum atomic E-state index is 5.47. The minimum Gasteiger partial charge on any atom is -0.330 e. The maximum Gasteiger partial charge on any atom is 0.0506 e. The van der Waals surface area contributed by atoms with E-state index in [9.17, 15) is 0 Å². The molecule has 3 nitrogen and oxygen atoms in total. The Morgan fingerprint density at radius 2 is 2.00 bits per heavy atom. The zero-order valence-corrected chi connectivity index (χ0v) is 8.13.